The quantitative estimate of drug-likeness (QED) is 0.859. The van der Waals surface area contributed by atoms with Crippen molar-refractivity contribution in [2.24, 2.45) is 0 Å². The van der Waals surface area contributed by atoms with E-state index in [-0.39, 0.29) is 6.04 Å². The smallest absolute Gasteiger partial charge is 0.302 e. The minimum Gasteiger partial charge on any atom is -0.313 e. The van der Waals surface area contributed by atoms with Gasteiger partial charge < -0.3 is 5.32 Å². The number of nitrogens with one attached hydrogen (secondary N) is 2. The number of piperidine rings is 1. The molecule has 1 fully saturated rings. The van der Waals surface area contributed by atoms with Crippen molar-refractivity contribution in [3.05, 3.63) is 29.8 Å². The van der Waals surface area contributed by atoms with Crippen LogP contribution < -0.4 is 10.0 Å². The Labute approximate surface area is 114 Å². The van der Waals surface area contributed by atoms with Crippen LogP contribution in [0.25, 0.3) is 0 Å². The summed E-state index contributed by atoms with van der Waals surface area (Å²) in [6.45, 7) is 2.00. The number of hydrogen-bond donors (Lipinski definition) is 2. The highest BCUT2D eigenvalue weighted by Gasteiger charge is 2.30. The minimum atomic E-state index is -3.39. The van der Waals surface area contributed by atoms with E-state index in [0.29, 0.717) is 18.8 Å². The van der Waals surface area contributed by atoms with Crippen LogP contribution in [0.5, 0.6) is 0 Å². The molecule has 0 aliphatic carbocycles. The molecule has 0 saturated carbocycles. The Morgan fingerprint density at radius 2 is 2.11 bits per heavy atom. The third kappa shape index (κ3) is 2.75. The zero-order valence-electron chi connectivity index (χ0n) is 10.8. The van der Waals surface area contributed by atoms with E-state index in [1.807, 2.05) is 24.3 Å². The maximum Gasteiger partial charge on any atom is 0.302 e. The summed E-state index contributed by atoms with van der Waals surface area (Å²) >= 11 is 0. The molecule has 2 N–H and O–H groups in total. The van der Waals surface area contributed by atoms with E-state index >= 15 is 0 Å². The van der Waals surface area contributed by atoms with Gasteiger partial charge in [0, 0.05) is 19.1 Å². The van der Waals surface area contributed by atoms with Gasteiger partial charge in [-0.1, -0.05) is 24.6 Å². The Hall–Kier alpha value is -1.11. The molecule has 0 unspecified atom stereocenters. The normalized spacial score (nSPS) is 26.4. The lowest BCUT2D eigenvalue weighted by molar-refractivity contribution is 0.308. The van der Waals surface area contributed by atoms with Crippen molar-refractivity contribution in [1.29, 1.82) is 0 Å². The van der Waals surface area contributed by atoms with Gasteiger partial charge in [0.05, 0.1) is 5.69 Å². The Morgan fingerprint density at radius 1 is 1.26 bits per heavy atom. The average Bonchev–Trinajstić information content (AvgIpc) is 2.40. The summed E-state index contributed by atoms with van der Waals surface area (Å²) in [5, 5.41) is 3.39. The van der Waals surface area contributed by atoms with Crippen LogP contribution >= 0.6 is 0 Å². The number of fused-ring (bicyclic) bond motifs is 1. The molecule has 0 amide bonds. The number of nitrogens with zero attached hydrogens (tertiary/aromatic N) is 1. The first-order chi connectivity index (χ1) is 9.15. The van der Waals surface area contributed by atoms with Gasteiger partial charge in [0.15, 0.2) is 0 Å². The summed E-state index contributed by atoms with van der Waals surface area (Å²) in [6.07, 6.45) is 3.41. The Bertz CT molecular complexity index is 553. The number of para-hydroxylation sites is 1. The first-order valence-electron chi connectivity index (χ1n) is 6.74. The SMILES string of the molecule is O=S1(=O)Nc2ccccc2CN1C[C@H]1CCCCN1. The molecule has 1 aromatic carbocycles. The zero-order chi connectivity index (χ0) is 13.3. The highest BCUT2D eigenvalue weighted by Crippen LogP contribution is 2.26. The van der Waals surface area contributed by atoms with Gasteiger partial charge in [-0.15, -0.1) is 0 Å². The van der Waals surface area contributed by atoms with E-state index in [1.165, 1.54) is 12.8 Å². The van der Waals surface area contributed by atoms with Gasteiger partial charge in [0.1, 0.15) is 0 Å². The fourth-order valence-electron chi connectivity index (χ4n) is 2.72. The molecule has 0 bridgehead atoms. The van der Waals surface area contributed by atoms with Crippen molar-refractivity contribution in [3.8, 4) is 0 Å². The van der Waals surface area contributed by atoms with Crippen molar-refractivity contribution >= 4 is 15.9 Å². The molecule has 5 nitrogen and oxygen atoms in total. The molecule has 1 aromatic rings. The molecule has 2 heterocycles. The fraction of sp³-hybridized carbons (Fsp3) is 0.538. The molecule has 2 aliphatic rings. The van der Waals surface area contributed by atoms with Gasteiger partial charge in [-0.3, -0.25) is 4.72 Å². The van der Waals surface area contributed by atoms with Crippen molar-refractivity contribution in [2.75, 3.05) is 17.8 Å². The topological polar surface area (TPSA) is 61.4 Å². The Balaban J connectivity index is 1.78. The van der Waals surface area contributed by atoms with Crippen LogP contribution in [0.15, 0.2) is 24.3 Å². The summed E-state index contributed by atoms with van der Waals surface area (Å²) < 4.78 is 28.6. The van der Waals surface area contributed by atoms with Gasteiger partial charge in [-0.05, 0) is 31.0 Å². The van der Waals surface area contributed by atoms with Crippen molar-refractivity contribution in [2.45, 2.75) is 31.8 Å². The maximum absolute atomic E-state index is 12.2. The van der Waals surface area contributed by atoms with Crippen LogP contribution in [-0.4, -0.2) is 31.9 Å². The fourth-order valence-corrected chi connectivity index (χ4v) is 4.02. The van der Waals surface area contributed by atoms with E-state index in [9.17, 15) is 8.42 Å². The molecular formula is C13H19N3O2S. The van der Waals surface area contributed by atoms with Crippen LogP contribution in [0.4, 0.5) is 5.69 Å². The third-order valence-electron chi connectivity index (χ3n) is 3.78. The monoisotopic (exact) mass is 281 g/mol. The van der Waals surface area contributed by atoms with Crippen LogP contribution in [0.3, 0.4) is 0 Å². The summed E-state index contributed by atoms with van der Waals surface area (Å²) in [6, 6.07) is 7.84. The highest BCUT2D eigenvalue weighted by molar-refractivity contribution is 7.90. The van der Waals surface area contributed by atoms with Gasteiger partial charge in [-0.25, -0.2) is 0 Å². The molecule has 19 heavy (non-hydrogen) atoms. The summed E-state index contributed by atoms with van der Waals surface area (Å²) in [4.78, 5) is 0. The summed E-state index contributed by atoms with van der Waals surface area (Å²) in [5.74, 6) is 0. The second-order valence-corrected chi connectivity index (χ2v) is 6.87. The van der Waals surface area contributed by atoms with Crippen molar-refractivity contribution in [3.63, 3.8) is 0 Å². The number of rotatable bonds is 2. The first kappa shape index (κ1) is 12.9. The molecule has 1 atom stereocenters. The van der Waals surface area contributed by atoms with Gasteiger partial charge in [0.2, 0.25) is 0 Å². The lowest BCUT2D eigenvalue weighted by Gasteiger charge is -2.33. The molecule has 1 saturated heterocycles. The van der Waals surface area contributed by atoms with E-state index in [2.05, 4.69) is 10.0 Å². The largest absolute Gasteiger partial charge is 0.313 e. The van der Waals surface area contributed by atoms with Gasteiger partial charge >= 0.3 is 10.2 Å². The molecule has 0 radical (unpaired) electrons. The van der Waals surface area contributed by atoms with E-state index in [4.69, 9.17) is 0 Å². The molecule has 3 rings (SSSR count). The standard InChI is InChI=1S/C13H19N3O2S/c17-19(18)15-13-7-2-1-5-11(13)9-16(19)10-12-6-3-4-8-14-12/h1-2,5,7,12,14-15H,3-4,6,8-10H2/t12-/m1/s1. The zero-order valence-corrected chi connectivity index (χ0v) is 11.6. The summed E-state index contributed by atoms with van der Waals surface area (Å²) in [5.41, 5.74) is 1.74. The molecule has 0 spiro atoms. The van der Waals surface area contributed by atoms with Crippen LogP contribution in [0.2, 0.25) is 0 Å². The second kappa shape index (κ2) is 5.11. The van der Waals surface area contributed by atoms with Crippen LogP contribution in [0, 0.1) is 0 Å². The Kier molecular flexibility index (Phi) is 3.47. The molecular weight excluding hydrogens is 262 g/mol. The third-order valence-corrected chi connectivity index (χ3v) is 5.22. The van der Waals surface area contributed by atoms with E-state index in [1.54, 1.807) is 4.31 Å². The first-order valence-corrected chi connectivity index (χ1v) is 8.18. The predicted octanol–water partition coefficient (Wildman–Crippen LogP) is 1.30. The summed E-state index contributed by atoms with van der Waals surface area (Å²) in [7, 11) is -3.39. The van der Waals surface area contributed by atoms with Crippen molar-refractivity contribution < 1.29 is 8.42 Å². The van der Waals surface area contributed by atoms with Crippen LogP contribution in [-0.2, 0) is 16.8 Å². The second-order valence-electron chi connectivity index (χ2n) is 5.20. The van der Waals surface area contributed by atoms with Gasteiger partial charge in [0.25, 0.3) is 0 Å². The molecule has 0 aromatic heterocycles. The number of hydrogen-bond acceptors (Lipinski definition) is 3. The van der Waals surface area contributed by atoms with Crippen LogP contribution in [0.1, 0.15) is 24.8 Å². The highest BCUT2D eigenvalue weighted by atomic mass is 32.2. The van der Waals surface area contributed by atoms with Crippen molar-refractivity contribution in [1.82, 2.24) is 9.62 Å². The molecule has 2 aliphatic heterocycles. The number of benzene rings is 1. The lowest BCUT2D eigenvalue weighted by Crippen LogP contribution is -2.48. The average molecular weight is 281 g/mol. The Morgan fingerprint density at radius 3 is 2.89 bits per heavy atom. The predicted molar refractivity (Wildman–Crippen MR) is 75.0 cm³/mol. The van der Waals surface area contributed by atoms with E-state index < -0.39 is 10.2 Å². The maximum atomic E-state index is 12.2. The van der Waals surface area contributed by atoms with Gasteiger partial charge in [-0.2, -0.15) is 12.7 Å². The van der Waals surface area contributed by atoms with E-state index in [0.717, 1.165) is 18.5 Å². The molecule has 104 valence electrons. The minimum absolute atomic E-state index is 0.274. The molecule has 6 heteroatoms. The lowest BCUT2D eigenvalue weighted by atomic mass is 10.0. The number of anilines is 1.